The highest BCUT2D eigenvalue weighted by Crippen LogP contribution is 2.15. The summed E-state index contributed by atoms with van der Waals surface area (Å²) in [4.78, 5) is 10.3. The second-order valence-electron chi connectivity index (χ2n) is 2.96. The van der Waals surface area contributed by atoms with E-state index in [1.165, 1.54) is 0 Å². The molecule has 0 spiro atoms. The predicted molar refractivity (Wildman–Crippen MR) is 53.7 cm³/mol. The molecule has 14 heavy (non-hydrogen) atoms. The minimum absolute atomic E-state index is 0.312. The quantitative estimate of drug-likeness (QED) is 0.684. The van der Waals surface area contributed by atoms with E-state index in [4.69, 9.17) is 0 Å². The number of benzene rings is 1. The maximum Gasteiger partial charge on any atom is 0.141 e. The molecule has 0 saturated heterocycles. The van der Waals surface area contributed by atoms with E-state index in [2.05, 4.69) is 5.10 Å². The molecule has 1 aromatic carbocycles. The minimum atomic E-state index is 0.312. The van der Waals surface area contributed by atoms with Gasteiger partial charge in [0.1, 0.15) is 6.29 Å². The molecule has 0 aliphatic heterocycles. The molecule has 1 aromatic heterocycles. The molecule has 0 fully saturated rings. The lowest BCUT2D eigenvalue weighted by Crippen LogP contribution is -1.98. The zero-order chi connectivity index (χ0) is 9.80. The van der Waals surface area contributed by atoms with Crippen molar-refractivity contribution in [3.05, 3.63) is 42.6 Å². The molecule has 70 valence electrons. The summed E-state index contributed by atoms with van der Waals surface area (Å²) in [6.07, 6.45) is 2.64. The van der Waals surface area contributed by atoms with E-state index in [0.717, 1.165) is 17.5 Å². The van der Waals surface area contributed by atoms with Gasteiger partial charge >= 0.3 is 0 Å². The van der Waals surface area contributed by atoms with Gasteiger partial charge in [-0.1, -0.05) is 30.3 Å². The molecule has 0 N–H and O–H groups in total. The van der Waals surface area contributed by atoms with Crippen LogP contribution in [0.1, 0.15) is 0 Å². The van der Waals surface area contributed by atoms with Crippen LogP contribution in [0.2, 0.25) is 0 Å². The van der Waals surface area contributed by atoms with Crippen molar-refractivity contribution in [2.45, 2.75) is 6.54 Å². The third kappa shape index (κ3) is 1.71. The Hall–Kier alpha value is -1.90. The van der Waals surface area contributed by atoms with E-state index in [-0.39, 0.29) is 0 Å². The standard InChI is InChI=1S/C11H10N2O/c14-9-8-13-7-6-11(12-13)10-4-2-1-3-5-10/h1-7,9H,8H2. The summed E-state index contributed by atoms with van der Waals surface area (Å²) in [5.74, 6) is 0. The van der Waals surface area contributed by atoms with Gasteiger partial charge in [0.05, 0.1) is 12.2 Å². The van der Waals surface area contributed by atoms with Crippen LogP contribution in [0.15, 0.2) is 42.6 Å². The molecule has 0 saturated carbocycles. The zero-order valence-electron chi connectivity index (χ0n) is 7.63. The Kier molecular flexibility index (Phi) is 2.40. The summed E-state index contributed by atoms with van der Waals surface area (Å²) in [7, 11) is 0. The van der Waals surface area contributed by atoms with Crippen LogP contribution in [0, 0.1) is 0 Å². The first kappa shape index (κ1) is 8.69. The van der Waals surface area contributed by atoms with Crippen molar-refractivity contribution in [2.24, 2.45) is 0 Å². The van der Waals surface area contributed by atoms with Gasteiger partial charge in [0, 0.05) is 11.8 Å². The molecular formula is C11H10N2O. The normalized spacial score (nSPS) is 10.0. The molecule has 0 atom stereocenters. The van der Waals surface area contributed by atoms with E-state index in [1.807, 2.05) is 36.4 Å². The molecule has 0 aliphatic rings. The second kappa shape index (κ2) is 3.87. The first-order valence-corrected chi connectivity index (χ1v) is 4.42. The summed E-state index contributed by atoms with van der Waals surface area (Å²) >= 11 is 0. The predicted octanol–water partition coefficient (Wildman–Crippen LogP) is 1.75. The Morgan fingerprint density at radius 1 is 1.21 bits per heavy atom. The van der Waals surface area contributed by atoms with Crippen LogP contribution in [0.4, 0.5) is 0 Å². The van der Waals surface area contributed by atoms with Crippen LogP contribution >= 0.6 is 0 Å². The Bertz CT molecular complexity index is 420. The fourth-order valence-corrected chi connectivity index (χ4v) is 1.30. The molecule has 0 bridgehead atoms. The molecule has 0 radical (unpaired) electrons. The number of hydrogen-bond donors (Lipinski definition) is 0. The molecule has 2 aromatic rings. The van der Waals surface area contributed by atoms with Crippen LogP contribution in [-0.4, -0.2) is 16.1 Å². The van der Waals surface area contributed by atoms with E-state index >= 15 is 0 Å². The van der Waals surface area contributed by atoms with E-state index in [1.54, 1.807) is 10.9 Å². The topological polar surface area (TPSA) is 34.9 Å². The lowest BCUT2D eigenvalue weighted by atomic mass is 10.2. The zero-order valence-corrected chi connectivity index (χ0v) is 7.63. The van der Waals surface area contributed by atoms with Crippen LogP contribution in [0.3, 0.4) is 0 Å². The summed E-state index contributed by atoms with van der Waals surface area (Å²) < 4.78 is 1.62. The molecule has 3 heteroatoms. The van der Waals surface area contributed by atoms with Gasteiger partial charge < -0.3 is 4.79 Å². The molecule has 0 amide bonds. The van der Waals surface area contributed by atoms with Gasteiger partial charge in [0.15, 0.2) is 0 Å². The van der Waals surface area contributed by atoms with E-state index in [9.17, 15) is 4.79 Å². The van der Waals surface area contributed by atoms with Crippen LogP contribution < -0.4 is 0 Å². The summed E-state index contributed by atoms with van der Waals surface area (Å²) in [6.45, 7) is 0.312. The summed E-state index contributed by atoms with van der Waals surface area (Å²) in [6, 6.07) is 11.8. The Morgan fingerprint density at radius 3 is 2.71 bits per heavy atom. The first-order valence-electron chi connectivity index (χ1n) is 4.42. The van der Waals surface area contributed by atoms with Gasteiger partial charge in [-0.25, -0.2) is 0 Å². The van der Waals surface area contributed by atoms with Crippen molar-refractivity contribution in [3.8, 4) is 11.3 Å². The van der Waals surface area contributed by atoms with E-state index < -0.39 is 0 Å². The van der Waals surface area contributed by atoms with Gasteiger partial charge in [-0.15, -0.1) is 0 Å². The number of rotatable bonds is 3. The fraction of sp³-hybridized carbons (Fsp3) is 0.0909. The maximum absolute atomic E-state index is 10.3. The van der Waals surface area contributed by atoms with Crippen molar-refractivity contribution < 1.29 is 4.79 Å². The van der Waals surface area contributed by atoms with Gasteiger partial charge in [-0.3, -0.25) is 4.68 Å². The highest BCUT2D eigenvalue weighted by Gasteiger charge is 1.99. The second-order valence-corrected chi connectivity index (χ2v) is 2.96. The SMILES string of the molecule is O=CCn1ccc(-c2ccccc2)n1. The van der Waals surface area contributed by atoms with Crippen LogP contribution in [0.5, 0.6) is 0 Å². The van der Waals surface area contributed by atoms with Crippen molar-refractivity contribution in [1.29, 1.82) is 0 Å². The number of nitrogens with zero attached hydrogens (tertiary/aromatic N) is 2. The first-order chi connectivity index (χ1) is 6.90. The minimum Gasteiger partial charge on any atom is -0.301 e. The molecular weight excluding hydrogens is 176 g/mol. The number of carbonyl (C=O) groups excluding carboxylic acids is 1. The van der Waals surface area contributed by atoms with Crippen molar-refractivity contribution in [1.82, 2.24) is 9.78 Å². The van der Waals surface area contributed by atoms with Gasteiger partial charge in [-0.2, -0.15) is 5.10 Å². The van der Waals surface area contributed by atoms with Gasteiger partial charge in [0.25, 0.3) is 0 Å². The average molecular weight is 186 g/mol. The number of aromatic nitrogens is 2. The van der Waals surface area contributed by atoms with Crippen molar-refractivity contribution in [3.63, 3.8) is 0 Å². The molecule has 0 aliphatic carbocycles. The largest absolute Gasteiger partial charge is 0.301 e. The third-order valence-corrected chi connectivity index (χ3v) is 1.97. The van der Waals surface area contributed by atoms with Gasteiger partial charge in [-0.05, 0) is 6.07 Å². The lowest BCUT2D eigenvalue weighted by molar-refractivity contribution is -0.108. The number of hydrogen-bond acceptors (Lipinski definition) is 2. The van der Waals surface area contributed by atoms with Crippen molar-refractivity contribution >= 4 is 6.29 Å². The summed E-state index contributed by atoms with van der Waals surface area (Å²) in [5.41, 5.74) is 1.96. The molecule has 1 heterocycles. The number of carbonyl (C=O) groups is 1. The Labute approximate surface area is 82.0 Å². The smallest absolute Gasteiger partial charge is 0.141 e. The molecule has 3 nitrogen and oxygen atoms in total. The highest BCUT2D eigenvalue weighted by atomic mass is 16.1. The van der Waals surface area contributed by atoms with Crippen LogP contribution in [0.25, 0.3) is 11.3 Å². The maximum atomic E-state index is 10.3. The van der Waals surface area contributed by atoms with Crippen molar-refractivity contribution in [2.75, 3.05) is 0 Å². The fourth-order valence-electron chi connectivity index (χ4n) is 1.30. The highest BCUT2D eigenvalue weighted by molar-refractivity contribution is 5.58. The van der Waals surface area contributed by atoms with Gasteiger partial charge in [0.2, 0.25) is 0 Å². The average Bonchev–Trinajstić information content (AvgIpc) is 2.68. The molecule has 2 rings (SSSR count). The monoisotopic (exact) mass is 186 g/mol. The number of aldehydes is 1. The Balaban J connectivity index is 2.29. The van der Waals surface area contributed by atoms with E-state index in [0.29, 0.717) is 6.54 Å². The summed E-state index contributed by atoms with van der Waals surface area (Å²) in [5, 5.41) is 4.26. The third-order valence-electron chi connectivity index (χ3n) is 1.97. The Morgan fingerprint density at radius 2 is 2.00 bits per heavy atom. The lowest BCUT2D eigenvalue weighted by Gasteiger charge is -1.95. The molecule has 0 unspecified atom stereocenters. The van der Waals surface area contributed by atoms with Crippen LogP contribution in [-0.2, 0) is 11.3 Å².